The average Bonchev–Trinajstić information content (AvgIpc) is 3.03. The second-order valence-corrected chi connectivity index (χ2v) is 10.2. The molecule has 19 heteroatoms. The molecule has 0 aromatic carbocycles. The van der Waals surface area contributed by atoms with Crippen molar-refractivity contribution in [2.75, 3.05) is 13.7 Å². The Kier molecular flexibility index (Phi) is 7.53. The van der Waals surface area contributed by atoms with Crippen LogP contribution in [0.3, 0.4) is 0 Å². The SMILES string of the molecule is COP(=O)(O)OP(=O)(O)OP(=O)(O)OC[C@@H]1CC[C@H](n2cc(F)c(=O)[nH]c2=O)O1. The molecule has 0 aliphatic carbocycles. The molecule has 0 radical (unpaired) electrons. The third-order valence-electron chi connectivity index (χ3n) is 3.39. The number of ether oxygens (including phenoxy) is 1. The fourth-order valence-corrected chi connectivity index (χ4v) is 5.48. The Labute approximate surface area is 160 Å². The van der Waals surface area contributed by atoms with E-state index < -0.39 is 59.5 Å². The zero-order chi connectivity index (χ0) is 22.0. The van der Waals surface area contributed by atoms with Gasteiger partial charge < -0.3 is 19.4 Å². The molecule has 15 nitrogen and oxygen atoms in total. The Balaban J connectivity index is 1.95. The Hall–Kier alpha value is -1.02. The fraction of sp³-hybridized carbons (Fsp3) is 0.600. The van der Waals surface area contributed by atoms with Crippen LogP contribution in [0.4, 0.5) is 4.39 Å². The first-order valence-electron chi connectivity index (χ1n) is 7.51. The number of phosphoric ester groups is 2. The number of hydrogen-bond donors (Lipinski definition) is 4. The number of rotatable bonds is 9. The Morgan fingerprint density at radius 2 is 1.79 bits per heavy atom. The van der Waals surface area contributed by atoms with E-state index >= 15 is 0 Å². The van der Waals surface area contributed by atoms with Crippen LogP contribution >= 0.6 is 23.5 Å². The second kappa shape index (κ2) is 9.00. The lowest BCUT2D eigenvalue weighted by atomic mass is 10.2. The Bertz CT molecular complexity index is 1010. The summed E-state index contributed by atoms with van der Waals surface area (Å²) in [5.41, 5.74) is -2.15. The quantitative estimate of drug-likeness (QED) is 0.349. The van der Waals surface area contributed by atoms with Gasteiger partial charge in [-0.15, -0.1) is 0 Å². The highest BCUT2D eigenvalue weighted by Crippen LogP contribution is 2.67. The number of phosphoric acid groups is 3. The molecule has 1 aliphatic heterocycles. The average molecular weight is 484 g/mol. The van der Waals surface area contributed by atoms with E-state index in [1.165, 1.54) is 0 Å². The van der Waals surface area contributed by atoms with Crippen molar-refractivity contribution >= 4 is 23.5 Å². The summed E-state index contributed by atoms with van der Waals surface area (Å²) in [6, 6.07) is 0. The second-order valence-electron chi connectivity index (χ2n) is 5.48. The highest BCUT2D eigenvalue weighted by atomic mass is 31.3. The molecule has 1 aromatic heterocycles. The molecule has 5 atom stereocenters. The predicted octanol–water partition coefficient (Wildman–Crippen LogP) is 0.351. The van der Waals surface area contributed by atoms with E-state index in [2.05, 4.69) is 17.7 Å². The van der Waals surface area contributed by atoms with Gasteiger partial charge in [-0.05, 0) is 12.8 Å². The van der Waals surface area contributed by atoms with Crippen LogP contribution in [0.25, 0.3) is 0 Å². The minimum absolute atomic E-state index is 0.138. The third-order valence-corrected chi connectivity index (χ3v) is 7.63. The molecule has 0 spiro atoms. The minimum atomic E-state index is -5.53. The summed E-state index contributed by atoms with van der Waals surface area (Å²) in [7, 11) is -15.1. The van der Waals surface area contributed by atoms with Gasteiger partial charge in [0.15, 0.2) is 0 Å². The number of aromatic nitrogens is 2. The number of aromatic amines is 1. The highest BCUT2D eigenvalue weighted by molar-refractivity contribution is 7.66. The highest BCUT2D eigenvalue weighted by Gasteiger charge is 2.42. The van der Waals surface area contributed by atoms with Crippen molar-refractivity contribution in [1.29, 1.82) is 0 Å². The van der Waals surface area contributed by atoms with E-state index in [1.807, 2.05) is 0 Å². The maximum absolute atomic E-state index is 13.3. The smallest absolute Gasteiger partial charge is 0.352 e. The molecule has 1 saturated heterocycles. The van der Waals surface area contributed by atoms with Gasteiger partial charge in [-0.1, -0.05) is 0 Å². The first-order valence-corrected chi connectivity index (χ1v) is 12.0. The summed E-state index contributed by atoms with van der Waals surface area (Å²) >= 11 is 0. The molecule has 4 N–H and O–H groups in total. The van der Waals surface area contributed by atoms with E-state index in [4.69, 9.17) is 9.63 Å². The van der Waals surface area contributed by atoms with Gasteiger partial charge in [0, 0.05) is 7.11 Å². The lowest BCUT2D eigenvalue weighted by Crippen LogP contribution is -2.34. The summed E-state index contributed by atoms with van der Waals surface area (Å²) in [5, 5.41) is 0. The van der Waals surface area contributed by atoms with Gasteiger partial charge in [-0.3, -0.25) is 23.4 Å². The van der Waals surface area contributed by atoms with Crippen LogP contribution < -0.4 is 11.2 Å². The van der Waals surface area contributed by atoms with Crippen molar-refractivity contribution in [2.45, 2.75) is 25.2 Å². The molecule has 1 aromatic rings. The zero-order valence-corrected chi connectivity index (χ0v) is 17.1. The monoisotopic (exact) mass is 484 g/mol. The lowest BCUT2D eigenvalue weighted by molar-refractivity contribution is -0.0247. The molecule has 29 heavy (non-hydrogen) atoms. The fourth-order valence-electron chi connectivity index (χ4n) is 2.20. The van der Waals surface area contributed by atoms with Crippen LogP contribution in [0.5, 0.6) is 0 Å². The summed E-state index contributed by atoms with van der Waals surface area (Å²) in [4.78, 5) is 52.1. The van der Waals surface area contributed by atoms with Crippen LogP contribution in [0.2, 0.25) is 0 Å². The van der Waals surface area contributed by atoms with Crippen LogP contribution in [-0.2, 0) is 36.1 Å². The first-order chi connectivity index (χ1) is 13.2. The van der Waals surface area contributed by atoms with Crippen LogP contribution in [0.15, 0.2) is 15.8 Å². The van der Waals surface area contributed by atoms with Crippen LogP contribution in [-0.4, -0.2) is 44.1 Å². The molecule has 3 unspecified atom stereocenters. The number of nitrogens with one attached hydrogen (secondary N) is 1. The van der Waals surface area contributed by atoms with Gasteiger partial charge in [0.1, 0.15) is 6.23 Å². The molecular weight excluding hydrogens is 468 g/mol. The number of hydrogen-bond acceptors (Lipinski definition) is 10. The van der Waals surface area contributed by atoms with Crippen molar-refractivity contribution in [3.63, 3.8) is 0 Å². The minimum Gasteiger partial charge on any atom is -0.352 e. The van der Waals surface area contributed by atoms with Gasteiger partial charge >= 0.3 is 29.2 Å². The van der Waals surface area contributed by atoms with Gasteiger partial charge in [-0.2, -0.15) is 13.0 Å². The van der Waals surface area contributed by atoms with Gasteiger partial charge in [-0.25, -0.2) is 18.5 Å². The number of H-pyrrole nitrogens is 1. The standard InChI is InChI=1S/C10H16FN2O13P3/c1-22-27(16,17)25-29(20,21)26-28(18,19)23-5-6-2-3-8(24-6)13-4-7(11)9(14)12-10(13)15/h4,6,8H,2-3,5H2,1H3,(H,16,17)(H,18,19)(H,20,21)(H,12,14,15)/t6-,8+/m0/s1. The van der Waals surface area contributed by atoms with E-state index in [-0.39, 0.29) is 12.8 Å². The predicted molar refractivity (Wildman–Crippen MR) is 89.0 cm³/mol. The zero-order valence-electron chi connectivity index (χ0n) is 14.4. The Morgan fingerprint density at radius 1 is 1.17 bits per heavy atom. The van der Waals surface area contributed by atoms with Crippen molar-refractivity contribution in [2.24, 2.45) is 0 Å². The topological polar surface area (TPSA) is 213 Å². The lowest BCUT2D eigenvalue weighted by Gasteiger charge is -2.19. The van der Waals surface area contributed by atoms with Gasteiger partial charge in [0.25, 0.3) is 5.56 Å². The van der Waals surface area contributed by atoms with E-state index in [9.17, 15) is 37.5 Å². The van der Waals surface area contributed by atoms with Crippen LogP contribution in [0.1, 0.15) is 19.1 Å². The Morgan fingerprint density at radius 3 is 2.41 bits per heavy atom. The van der Waals surface area contributed by atoms with Crippen molar-refractivity contribution < 1.29 is 55.2 Å². The van der Waals surface area contributed by atoms with Gasteiger partial charge in [0.05, 0.1) is 18.9 Å². The molecule has 2 rings (SSSR count). The van der Waals surface area contributed by atoms with E-state index in [0.29, 0.717) is 13.3 Å². The van der Waals surface area contributed by atoms with Gasteiger partial charge in [0.2, 0.25) is 5.82 Å². The normalized spacial score (nSPS) is 25.8. The molecular formula is C10H16FN2O13P3. The summed E-state index contributed by atoms with van der Waals surface area (Å²) in [6.45, 7) is -0.675. The maximum Gasteiger partial charge on any atom is 0.490 e. The third kappa shape index (κ3) is 7.02. The van der Waals surface area contributed by atoms with Crippen molar-refractivity contribution in [3.05, 3.63) is 32.9 Å². The first kappa shape index (κ1) is 24.3. The molecule has 1 fully saturated rings. The summed E-state index contributed by atoms with van der Waals surface area (Å²) < 4.78 is 69.7. The van der Waals surface area contributed by atoms with E-state index in [1.54, 1.807) is 4.98 Å². The molecule has 0 amide bonds. The number of nitrogens with zero attached hydrogens (tertiary/aromatic N) is 1. The van der Waals surface area contributed by atoms with Crippen molar-refractivity contribution in [3.8, 4) is 0 Å². The molecule has 0 bridgehead atoms. The number of halogens is 1. The molecule has 166 valence electrons. The van der Waals surface area contributed by atoms with Crippen molar-refractivity contribution in [1.82, 2.24) is 9.55 Å². The maximum atomic E-state index is 13.3. The molecule has 0 saturated carbocycles. The van der Waals surface area contributed by atoms with Crippen LogP contribution in [0, 0.1) is 5.82 Å². The summed E-state index contributed by atoms with van der Waals surface area (Å²) in [5.74, 6) is -1.22. The van der Waals surface area contributed by atoms with E-state index in [0.717, 1.165) is 4.57 Å². The molecule has 2 heterocycles. The largest absolute Gasteiger partial charge is 0.490 e. The summed E-state index contributed by atoms with van der Waals surface area (Å²) in [6.07, 6.45) is -1.01. The molecule has 1 aliphatic rings.